The van der Waals surface area contributed by atoms with Crippen molar-refractivity contribution in [2.75, 3.05) is 33.4 Å². The zero-order chi connectivity index (χ0) is 17.8. The number of carbonyl (C=O) groups is 2. The Hall–Kier alpha value is -2.44. The highest BCUT2D eigenvalue weighted by Gasteiger charge is 2.29. The normalized spacial score (nSPS) is 19.5. The topological polar surface area (TPSA) is 77.1 Å². The number of fused-ring (bicyclic) bond motifs is 1. The predicted molar refractivity (Wildman–Crippen MR) is 90.8 cm³/mol. The van der Waals surface area contributed by atoms with Gasteiger partial charge in [-0.15, -0.1) is 0 Å². The maximum atomic E-state index is 12.5. The van der Waals surface area contributed by atoms with Crippen LogP contribution in [0.1, 0.15) is 25.3 Å². The summed E-state index contributed by atoms with van der Waals surface area (Å²) in [5, 5.41) is 2.96. The van der Waals surface area contributed by atoms with Crippen molar-refractivity contribution in [2.24, 2.45) is 5.92 Å². The number of hydrogen-bond donors (Lipinski definition) is 1. The number of carbonyl (C=O) groups excluding carboxylic acids is 2. The Bertz CT molecular complexity index is 661. The molecule has 2 aliphatic heterocycles. The van der Waals surface area contributed by atoms with Gasteiger partial charge in [0.15, 0.2) is 11.5 Å². The second kappa shape index (κ2) is 7.63. The number of nitrogens with zero attached hydrogens (tertiary/aromatic N) is 1. The molecule has 1 fully saturated rings. The zero-order valence-corrected chi connectivity index (χ0v) is 14.7. The van der Waals surface area contributed by atoms with Gasteiger partial charge in [0.1, 0.15) is 19.0 Å². The van der Waals surface area contributed by atoms with Crippen LogP contribution in [0.5, 0.6) is 17.2 Å². The van der Waals surface area contributed by atoms with Crippen LogP contribution in [0, 0.1) is 5.92 Å². The van der Waals surface area contributed by atoms with E-state index in [1.54, 1.807) is 18.1 Å². The number of nitrogens with one attached hydrogen (secondary N) is 1. The summed E-state index contributed by atoms with van der Waals surface area (Å²) in [5.41, 5.74) is 0.833. The molecule has 1 atom stereocenters. The van der Waals surface area contributed by atoms with E-state index >= 15 is 0 Å². The summed E-state index contributed by atoms with van der Waals surface area (Å²) in [6.07, 6.45) is 1.03. The Morgan fingerprint density at radius 1 is 1.32 bits per heavy atom. The van der Waals surface area contributed by atoms with Gasteiger partial charge in [0.2, 0.25) is 11.8 Å². The minimum atomic E-state index is -0.166. The maximum Gasteiger partial charge on any atom is 0.225 e. The highest BCUT2D eigenvalue weighted by molar-refractivity contribution is 5.83. The van der Waals surface area contributed by atoms with Crippen LogP contribution in [-0.2, 0) is 16.1 Å². The molecular formula is C18H24N2O5. The van der Waals surface area contributed by atoms with Gasteiger partial charge in [-0.2, -0.15) is 0 Å². The van der Waals surface area contributed by atoms with Crippen molar-refractivity contribution in [3.63, 3.8) is 0 Å². The molecule has 0 aromatic heterocycles. The Labute approximate surface area is 147 Å². The van der Waals surface area contributed by atoms with Crippen LogP contribution in [0.25, 0.3) is 0 Å². The standard InChI is InChI=1S/C18H24N2O5/c1-3-20-11-12(4-5-17(20)21)18(22)19-10-13-8-15-16(9-14(13)23-2)25-7-6-24-15/h8-9,12H,3-7,10-11H2,1-2H3,(H,19,22)/t12-/m1/s1. The lowest BCUT2D eigenvalue weighted by atomic mass is 9.96. The molecule has 0 bridgehead atoms. The monoisotopic (exact) mass is 348 g/mol. The molecular weight excluding hydrogens is 324 g/mol. The van der Waals surface area contributed by atoms with E-state index < -0.39 is 0 Å². The van der Waals surface area contributed by atoms with Crippen LogP contribution in [0.3, 0.4) is 0 Å². The summed E-state index contributed by atoms with van der Waals surface area (Å²) in [7, 11) is 1.59. The van der Waals surface area contributed by atoms with Gasteiger partial charge in [0.25, 0.3) is 0 Å². The molecule has 2 amide bonds. The summed E-state index contributed by atoms with van der Waals surface area (Å²) < 4.78 is 16.5. The number of hydrogen-bond acceptors (Lipinski definition) is 5. The molecule has 0 saturated carbocycles. The Balaban J connectivity index is 1.65. The SMILES string of the molecule is CCN1C[C@H](C(=O)NCc2cc3c(cc2OC)OCCO3)CCC1=O. The first-order valence-electron chi connectivity index (χ1n) is 8.64. The van der Waals surface area contributed by atoms with Crippen LogP contribution < -0.4 is 19.5 Å². The highest BCUT2D eigenvalue weighted by Crippen LogP contribution is 2.36. The Kier molecular flexibility index (Phi) is 5.31. The van der Waals surface area contributed by atoms with Gasteiger partial charge in [0.05, 0.1) is 13.0 Å². The molecule has 1 N–H and O–H groups in total. The molecule has 2 heterocycles. The largest absolute Gasteiger partial charge is 0.496 e. The molecule has 2 aliphatic rings. The number of methoxy groups -OCH3 is 1. The van der Waals surface area contributed by atoms with Crippen LogP contribution in [-0.4, -0.2) is 50.1 Å². The molecule has 7 nitrogen and oxygen atoms in total. The van der Waals surface area contributed by atoms with Crippen molar-refractivity contribution in [2.45, 2.75) is 26.3 Å². The van der Waals surface area contributed by atoms with Crippen molar-refractivity contribution in [1.82, 2.24) is 10.2 Å². The fourth-order valence-electron chi connectivity index (χ4n) is 3.20. The van der Waals surface area contributed by atoms with E-state index in [9.17, 15) is 9.59 Å². The lowest BCUT2D eigenvalue weighted by Crippen LogP contribution is -2.45. The highest BCUT2D eigenvalue weighted by atomic mass is 16.6. The number of benzene rings is 1. The van der Waals surface area contributed by atoms with Crippen molar-refractivity contribution in [3.8, 4) is 17.2 Å². The molecule has 0 aliphatic carbocycles. The van der Waals surface area contributed by atoms with Gasteiger partial charge in [-0.25, -0.2) is 0 Å². The van der Waals surface area contributed by atoms with Crippen molar-refractivity contribution in [1.29, 1.82) is 0 Å². The third kappa shape index (κ3) is 3.81. The summed E-state index contributed by atoms with van der Waals surface area (Å²) in [6.45, 7) is 4.42. The van der Waals surface area contributed by atoms with Gasteiger partial charge in [-0.3, -0.25) is 9.59 Å². The van der Waals surface area contributed by atoms with Crippen LogP contribution in [0.2, 0.25) is 0 Å². The van der Waals surface area contributed by atoms with Gasteiger partial charge in [-0.1, -0.05) is 0 Å². The lowest BCUT2D eigenvalue weighted by Gasteiger charge is -2.31. The summed E-state index contributed by atoms with van der Waals surface area (Å²) in [5.74, 6) is 1.89. The number of piperidine rings is 1. The summed E-state index contributed by atoms with van der Waals surface area (Å²) in [4.78, 5) is 26.0. The molecule has 1 aromatic rings. The first-order valence-corrected chi connectivity index (χ1v) is 8.64. The molecule has 0 unspecified atom stereocenters. The van der Waals surface area contributed by atoms with E-state index in [1.807, 2.05) is 13.0 Å². The summed E-state index contributed by atoms with van der Waals surface area (Å²) in [6, 6.07) is 3.63. The fourth-order valence-corrected chi connectivity index (χ4v) is 3.20. The average molecular weight is 348 g/mol. The smallest absolute Gasteiger partial charge is 0.225 e. The van der Waals surface area contributed by atoms with E-state index in [0.29, 0.717) is 62.9 Å². The minimum Gasteiger partial charge on any atom is -0.496 e. The third-order valence-corrected chi connectivity index (χ3v) is 4.65. The molecule has 136 valence electrons. The minimum absolute atomic E-state index is 0.0390. The molecule has 1 saturated heterocycles. The predicted octanol–water partition coefficient (Wildman–Crippen LogP) is 1.34. The van der Waals surface area contributed by atoms with Gasteiger partial charge >= 0.3 is 0 Å². The second-order valence-electron chi connectivity index (χ2n) is 6.19. The molecule has 3 rings (SSSR count). The lowest BCUT2D eigenvalue weighted by molar-refractivity contribution is -0.138. The van der Waals surface area contributed by atoms with Crippen molar-refractivity contribution >= 4 is 11.8 Å². The number of likely N-dealkylation sites (tertiary alicyclic amines) is 1. The first kappa shape index (κ1) is 17.4. The Morgan fingerprint density at radius 2 is 2.04 bits per heavy atom. The molecule has 7 heteroatoms. The van der Waals surface area contributed by atoms with Gasteiger partial charge in [-0.05, 0) is 19.4 Å². The third-order valence-electron chi connectivity index (χ3n) is 4.65. The molecule has 1 aromatic carbocycles. The fraction of sp³-hybridized carbons (Fsp3) is 0.556. The van der Waals surface area contributed by atoms with E-state index in [2.05, 4.69) is 5.32 Å². The Morgan fingerprint density at radius 3 is 2.72 bits per heavy atom. The average Bonchev–Trinajstić information content (AvgIpc) is 2.65. The van der Waals surface area contributed by atoms with E-state index in [1.165, 1.54) is 0 Å². The molecule has 0 radical (unpaired) electrons. The zero-order valence-electron chi connectivity index (χ0n) is 14.7. The van der Waals surface area contributed by atoms with E-state index in [4.69, 9.17) is 14.2 Å². The maximum absolute atomic E-state index is 12.5. The van der Waals surface area contributed by atoms with Gasteiger partial charge in [0, 0.05) is 37.7 Å². The summed E-state index contributed by atoms with van der Waals surface area (Å²) >= 11 is 0. The molecule has 25 heavy (non-hydrogen) atoms. The van der Waals surface area contributed by atoms with E-state index in [0.717, 1.165) is 5.56 Å². The number of rotatable bonds is 5. The van der Waals surface area contributed by atoms with Crippen LogP contribution >= 0.6 is 0 Å². The van der Waals surface area contributed by atoms with Crippen molar-refractivity contribution in [3.05, 3.63) is 17.7 Å². The number of ether oxygens (including phenoxy) is 3. The van der Waals surface area contributed by atoms with Gasteiger partial charge < -0.3 is 24.4 Å². The van der Waals surface area contributed by atoms with Crippen LogP contribution in [0.15, 0.2) is 12.1 Å². The number of amides is 2. The molecule has 0 spiro atoms. The second-order valence-corrected chi connectivity index (χ2v) is 6.19. The van der Waals surface area contributed by atoms with Crippen LogP contribution in [0.4, 0.5) is 0 Å². The first-order chi connectivity index (χ1) is 12.1. The van der Waals surface area contributed by atoms with E-state index in [-0.39, 0.29) is 17.7 Å². The van der Waals surface area contributed by atoms with Crippen molar-refractivity contribution < 1.29 is 23.8 Å². The quantitative estimate of drug-likeness (QED) is 0.869.